The van der Waals surface area contributed by atoms with Gasteiger partial charge in [-0.25, -0.2) is 0 Å². The molecule has 1 aliphatic rings. The van der Waals surface area contributed by atoms with Crippen molar-refractivity contribution in [2.75, 3.05) is 16.8 Å². The van der Waals surface area contributed by atoms with E-state index in [0.29, 0.717) is 11.4 Å². The van der Waals surface area contributed by atoms with Crippen molar-refractivity contribution < 1.29 is 9.59 Å². The molecule has 0 aliphatic carbocycles. The molecule has 1 aromatic carbocycles. The highest BCUT2D eigenvalue weighted by Gasteiger charge is 2.30. The van der Waals surface area contributed by atoms with Crippen molar-refractivity contribution in [1.82, 2.24) is 0 Å². The molecule has 0 spiro atoms. The van der Waals surface area contributed by atoms with Crippen molar-refractivity contribution in [1.29, 1.82) is 0 Å². The molecule has 0 bridgehead atoms. The summed E-state index contributed by atoms with van der Waals surface area (Å²) in [6.45, 7) is 3.80. The topological polar surface area (TPSA) is 75.4 Å². The third-order valence-corrected chi connectivity index (χ3v) is 3.04. The third kappa shape index (κ3) is 2.22. The summed E-state index contributed by atoms with van der Waals surface area (Å²) in [6, 6.07) is 6.63. The summed E-state index contributed by atoms with van der Waals surface area (Å²) in [4.78, 5) is 25.3. The molecule has 1 aliphatic heterocycles. The fourth-order valence-electron chi connectivity index (χ4n) is 1.89. The molecule has 18 heavy (non-hydrogen) atoms. The number of nitrogens with zero attached hydrogens (tertiary/aromatic N) is 1. The smallest absolute Gasteiger partial charge is 0.244 e. The van der Waals surface area contributed by atoms with Crippen LogP contribution >= 0.6 is 0 Å². The van der Waals surface area contributed by atoms with Gasteiger partial charge in [0.15, 0.2) is 0 Å². The second-order valence-electron chi connectivity index (χ2n) is 4.76. The van der Waals surface area contributed by atoms with E-state index in [4.69, 9.17) is 5.73 Å². The lowest BCUT2D eigenvalue weighted by Gasteiger charge is -2.31. The zero-order valence-corrected chi connectivity index (χ0v) is 10.5. The maximum absolute atomic E-state index is 12.3. The van der Waals surface area contributed by atoms with Gasteiger partial charge < -0.3 is 11.1 Å². The van der Waals surface area contributed by atoms with Gasteiger partial charge in [0.1, 0.15) is 6.54 Å². The zero-order valence-electron chi connectivity index (χ0n) is 10.5. The molecule has 0 saturated carbocycles. The summed E-state index contributed by atoms with van der Waals surface area (Å²) in [5.41, 5.74) is 7.23. The van der Waals surface area contributed by atoms with Gasteiger partial charge in [-0.05, 0) is 18.1 Å². The number of hydrogen-bond acceptors (Lipinski definition) is 3. The first-order valence-corrected chi connectivity index (χ1v) is 5.96. The summed E-state index contributed by atoms with van der Waals surface area (Å²) >= 11 is 0. The minimum atomic E-state index is -0.594. The van der Waals surface area contributed by atoms with Crippen molar-refractivity contribution in [3.63, 3.8) is 0 Å². The second kappa shape index (κ2) is 4.78. The normalized spacial score (nSPS) is 16.2. The number of hydrogen-bond donors (Lipinski definition) is 2. The van der Waals surface area contributed by atoms with Crippen molar-refractivity contribution in [2.24, 2.45) is 11.7 Å². The van der Waals surface area contributed by atoms with Crippen LogP contribution < -0.4 is 16.0 Å². The lowest BCUT2D eigenvalue weighted by atomic mass is 10.0. The highest BCUT2D eigenvalue weighted by atomic mass is 16.2. The Morgan fingerprint density at radius 3 is 2.72 bits per heavy atom. The number of fused-ring (bicyclic) bond motifs is 1. The van der Waals surface area contributed by atoms with E-state index < -0.39 is 6.04 Å². The Bertz CT molecular complexity index is 485. The van der Waals surface area contributed by atoms with Gasteiger partial charge >= 0.3 is 0 Å². The van der Waals surface area contributed by atoms with E-state index in [2.05, 4.69) is 5.32 Å². The van der Waals surface area contributed by atoms with Gasteiger partial charge in [0.05, 0.1) is 17.4 Å². The fourth-order valence-corrected chi connectivity index (χ4v) is 1.89. The van der Waals surface area contributed by atoms with E-state index >= 15 is 0 Å². The van der Waals surface area contributed by atoms with E-state index in [9.17, 15) is 9.59 Å². The van der Waals surface area contributed by atoms with Gasteiger partial charge in [0, 0.05) is 0 Å². The second-order valence-corrected chi connectivity index (χ2v) is 4.76. The highest BCUT2D eigenvalue weighted by molar-refractivity contribution is 6.11. The molecule has 5 nitrogen and oxygen atoms in total. The van der Waals surface area contributed by atoms with Crippen LogP contribution in [0.2, 0.25) is 0 Å². The summed E-state index contributed by atoms with van der Waals surface area (Å²) in [5.74, 6) is -0.375. The first-order chi connectivity index (χ1) is 8.50. The molecule has 0 saturated heterocycles. The lowest BCUT2D eigenvalue weighted by Crippen LogP contribution is -2.51. The summed E-state index contributed by atoms with van der Waals surface area (Å²) in [5, 5.41) is 2.74. The van der Waals surface area contributed by atoms with E-state index in [1.807, 2.05) is 26.0 Å². The van der Waals surface area contributed by atoms with Gasteiger partial charge in [-0.3, -0.25) is 14.5 Å². The number of benzene rings is 1. The van der Waals surface area contributed by atoms with Crippen LogP contribution in [0.1, 0.15) is 13.8 Å². The SMILES string of the molecule is CC(C)[C@H](N)C(=O)N1CC(=O)Nc2ccccc21. The van der Waals surface area contributed by atoms with Gasteiger partial charge in [-0.1, -0.05) is 26.0 Å². The number of amides is 2. The number of para-hydroxylation sites is 2. The van der Waals surface area contributed by atoms with Crippen LogP contribution in [0.15, 0.2) is 24.3 Å². The van der Waals surface area contributed by atoms with Gasteiger partial charge in [-0.2, -0.15) is 0 Å². The molecule has 0 unspecified atom stereocenters. The number of carbonyl (C=O) groups is 2. The largest absolute Gasteiger partial charge is 0.323 e. The van der Waals surface area contributed by atoms with Crippen LogP contribution in [0.5, 0.6) is 0 Å². The third-order valence-electron chi connectivity index (χ3n) is 3.04. The number of rotatable bonds is 2. The molecule has 96 valence electrons. The molecule has 1 heterocycles. The predicted octanol–water partition coefficient (Wildman–Crippen LogP) is 0.955. The Hall–Kier alpha value is -1.88. The maximum atomic E-state index is 12.3. The molecular formula is C13H17N3O2. The highest BCUT2D eigenvalue weighted by Crippen LogP contribution is 2.29. The van der Waals surface area contributed by atoms with Crippen molar-refractivity contribution in [2.45, 2.75) is 19.9 Å². The fraction of sp³-hybridized carbons (Fsp3) is 0.385. The average Bonchev–Trinajstić information content (AvgIpc) is 2.35. The van der Waals surface area contributed by atoms with Crippen LogP contribution in [-0.2, 0) is 9.59 Å². The van der Waals surface area contributed by atoms with E-state index in [1.54, 1.807) is 12.1 Å². The Morgan fingerprint density at radius 1 is 1.39 bits per heavy atom. The van der Waals surface area contributed by atoms with E-state index in [1.165, 1.54) is 4.90 Å². The summed E-state index contributed by atoms with van der Waals surface area (Å²) in [6.07, 6.45) is 0. The quantitative estimate of drug-likeness (QED) is 0.817. The molecule has 0 aromatic heterocycles. The molecule has 2 amide bonds. The molecule has 2 rings (SSSR count). The maximum Gasteiger partial charge on any atom is 0.244 e. The monoisotopic (exact) mass is 247 g/mol. The molecule has 0 fully saturated rings. The van der Waals surface area contributed by atoms with Gasteiger partial charge in [0.2, 0.25) is 11.8 Å². The van der Waals surface area contributed by atoms with Gasteiger partial charge in [-0.15, -0.1) is 0 Å². The van der Waals surface area contributed by atoms with Crippen LogP contribution in [0.25, 0.3) is 0 Å². The van der Waals surface area contributed by atoms with Crippen LogP contribution in [-0.4, -0.2) is 24.4 Å². The minimum Gasteiger partial charge on any atom is -0.323 e. The number of nitrogens with two attached hydrogens (primary N) is 1. The minimum absolute atomic E-state index is 0.0241. The molecular weight excluding hydrogens is 230 g/mol. The van der Waals surface area contributed by atoms with E-state index in [0.717, 1.165) is 0 Å². The molecule has 5 heteroatoms. The zero-order chi connectivity index (χ0) is 13.3. The Morgan fingerprint density at radius 2 is 2.06 bits per heavy atom. The Kier molecular flexibility index (Phi) is 3.34. The number of nitrogens with one attached hydrogen (secondary N) is 1. The van der Waals surface area contributed by atoms with E-state index in [-0.39, 0.29) is 24.3 Å². The average molecular weight is 247 g/mol. The lowest BCUT2D eigenvalue weighted by molar-refractivity contribution is -0.123. The van der Waals surface area contributed by atoms with Crippen molar-refractivity contribution in [3.8, 4) is 0 Å². The Balaban J connectivity index is 2.34. The molecule has 3 N–H and O–H groups in total. The standard InChI is InChI=1S/C13H17N3O2/c1-8(2)12(14)13(18)16-7-11(17)15-9-5-3-4-6-10(9)16/h3-6,8,12H,7,14H2,1-2H3,(H,15,17)/t12-/m0/s1. The molecule has 0 radical (unpaired) electrons. The van der Waals surface area contributed by atoms with Crippen molar-refractivity contribution >= 4 is 23.2 Å². The first-order valence-electron chi connectivity index (χ1n) is 5.96. The Labute approximate surface area is 106 Å². The number of carbonyl (C=O) groups excluding carboxylic acids is 2. The number of anilines is 2. The van der Waals surface area contributed by atoms with Crippen LogP contribution in [0.4, 0.5) is 11.4 Å². The molecule has 1 aromatic rings. The van der Waals surface area contributed by atoms with Crippen LogP contribution in [0, 0.1) is 5.92 Å². The predicted molar refractivity (Wildman–Crippen MR) is 70.2 cm³/mol. The summed E-state index contributed by atoms with van der Waals surface area (Å²) < 4.78 is 0. The molecule has 1 atom stereocenters. The summed E-state index contributed by atoms with van der Waals surface area (Å²) in [7, 11) is 0. The van der Waals surface area contributed by atoms with Crippen LogP contribution in [0.3, 0.4) is 0 Å². The van der Waals surface area contributed by atoms with Gasteiger partial charge in [0.25, 0.3) is 0 Å². The van der Waals surface area contributed by atoms with Crippen molar-refractivity contribution in [3.05, 3.63) is 24.3 Å². The first kappa shape index (κ1) is 12.6.